The lowest BCUT2D eigenvalue weighted by Crippen LogP contribution is -1.97. The van der Waals surface area contributed by atoms with Crippen LogP contribution < -0.4 is 0 Å². The molecule has 2 heteroatoms. The Balaban J connectivity index is 2.25. The van der Waals surface area contributed by atoms with Crippen molar-refractivity contribution in [3.8, 4) is 0 Å². The number of allylic oxidation sites excluding steroid dienone is 2. The predicted molar refractivity (Wildman–Crippen MR) is 58.6 cm³/mol. The third-order valence-electron chi connectivity index (χ3n) is 2.61. The quantitative estimate of drug-likeness (QED) is 0.702. The fourth-order valence-corrected chi connectivity index (χ4v) is 1.66. The van der Waals surface area contributed by atoms with E-state index in [1.165, 1.54) is 0 Å². The van der Waals surface area contributed by atoms with Crippen molar-refractivity contribution in [1.29, 1.82) is 0 Å². The van der Waals surface area contributed by atoms with Crippen LogP contribution in [0.15, 0.2) is 30.3 Å². The molecule has 0 bridgehead atoms. The van der Waals surface area contributed by atoms with Gasteiger partial charge in [0.2, 0.25) is 0 Å². The second kappa shape index (κ2) is 3.46. The van der Waals surface area contributed by atoms with Crippen LogP contribution >= 0.6 is 0 Å². The van der Waals surface area contributed by atoms with Gasteiger partial charge in [0.05, 0.1) is 5.92 Å². The molecule has 0 aliphatic heterocycles. The Hall–Kier alpha value is -1.70. The van der Waals surface area contributed by atoms with E-state index in [9.17, 15) is 9.59 Å². The highest BCUT2D eigenvalue weighted by Crippen LogP contribution is 2.39. The molecule has 2 rings (SSSR count). The molecule has 0 saturated heterocycles. The molecule has 1 aliphatic carbocycles. The molecule has 0 spiro atoms. The van der Waals surface area contributed by atoms with Crippen LogP contribution in [0.25, 0.3) is 5.57 Å². The Morgan fingerprint density at radius 3 is 2.47 bits per heavy atom. The van der Waals surface area contributed by atoms with Gasteiger partial charge < -0.3 is 0 Å². The maximum absolute atomic E-state index is 11.2. The maximum atomic E-state index is 11.2. The van der Waals surface area contributed by atoms with E-state index in [4.69, 9.17) is 0 Å². The summed E-state index contributed by atoms with van der Waals surface area (Å²) < 4.78 is 0. The summed E-state index contributed by atoms with van der Waals surface area (Å²) in [6.07, 6.45) is 1.93. The van der Waals surface area contributed by atoms with Gasteiger partial charge in [-0.3, -0.25) is 9.59 Å². The lowest BCUT2D eigenvalue weighted by atomic mass is 10.0. The van der Waals surface area contributed by atoms with E-state index >= 15 is 0 Å². The third-order valence-corrected chi connectivity index (χ3v) is 2.61. The van der Waals surface area contributed by atoms with Gasteiger partial charge in [-0.2, -0.15) is 0 Å². The van der Waals surface area contributed by atoms with Crippen LogP contribution in [-0.4, -0.2) is 11.6 Å². The second-order valence-corrected chi connectivity index (χ2v) is 3.85. The van der Waals surface area contributed by atoms with E-state index in [-0.39, 0.29) is 17.5 Å². The van der Waals surface area contributed by atoms with Crippen LogP contribution in [0.5, 0.6) is 0 Å². The van der Waals surface area contributed by atoms with Crippen molar-refractivity contribution in [2.75, 3.05) is 0 Å². The molecule has 1 atom stereocenters. The van der Waals surface area contributed by atoms with Crippen molar-refractivity contribution < 1.29 is 9.59 Å². The van der Waals surface area contributed by atoms with E-state index in [1.807, 2.05) is 24.3 Å². The van der Waals surface area contributed by atoms with Crippen LogP contribution in [-0.2, 0) is 4.79 Å². The van der Waals surface area contributed by atoms with Gasteiger partial charge >= 0.3 is 0 Å². The number of ketones is 2. The number of rotatable bonds is 3. The Kier molecular flexibility index (Phi) is 2.27. The highest BCUT2D eigenvalue weighted by atomic mass is 16.1. The van der Waals surface area contributed by atoms with Gasteiger partial charge in [-0.15, -0.1) is 0 Å². The van der Waals surface area contributed by atoms with Gasteiger partial charge in [0.1, 0.15) is 5.78 Å². The van der Waals surface area contributed by atoms with E-state index in [1.54, 1.807) is 19.9 Å². The molecule has 15 heavy (non-hydrogen) atoms. The first-order valence-corrected chi connectivity index (χ1v) is 4.93. The fourth-order valence-electron chi connectivity index (χ4n) is 1.66. The number of carbonyl (C=O) groups is 2. The number of carbonyl (C=O) groups excluding carboxylic acids is 2. The molecule has 2 nitrogen and oxygen atoms in total. The van der Waals surface area contributed by atoms with E-state index in [2.05, 4.69) is 0 Å². The molecule has 0 fully saturated rings. The summed E-state index contributed by atoms with van der Waals surface area (Å²) in [6, 6.07) is 7.41. The number of Topliss-reactive ketones (excluding diaryl/α,β-unsaturated/α-hetero) is 2. The average molecular weight is 200 g/mol. The van der Waals surface area contributed by atoms with Crippen molar-refractivity contribution in [3.05, 3.63) is 41.5 Å². The normalized spacial score (nSPS) is 18.3. The van der Waals surface area contributed by atoms with Gasteiger partial charge in [-0.1, -0.05) is 24.3 Å². The van der Waals surface area contributed by atoms with Crippen LogP contribution in [0.1, 0.15) is 29.8 Å². The number of hydrogen-bond donors (Lipinski definition) is 0. The zero-order chi connectivity index (χ0) is 11.0. The summed E-state index contributed by atoms with van der Waals surface area (Å²) in [7, 11) is 0. The minimum Gasteiger partial charge on any atom is -0.299 e. The van der Waals surface area contributed by atoms with Gasteiger partial charge in [0.25, 0.3) is 0 Å². The second-order valence-electron chi connectivity index (χ2n) is 3.85. The SMILES string of the molecule is CC(=O)c1cccc(C2=CC2C(C)=O)c1. The summed E-state index contributed by atoms with van der Waals surface area (Å²) >= 11 is 0. The standard InChI is InChI=1S/C13H12O2/c1-8(14)10-4-3-5-11(6-10)13-7-12(13)9(2)15/h3-7,12H,1-2H3. The van der Waals surface area contributed by atoms with Crippen molar-refractivity contribution in [1.82, 2.24) is 0 Å². The fraction of sp³-hybridized carbons (Fsp3) is 0.231. The Morgan fingerprint density at radius 2 is 1.93 bits per heavy atom. The molecule has 1 aromatic carbocycles. The molecule has 0 radical (unpaired) electrons. The topological polar surface area (TPSA) is 34.1 Å². The lowest BCUT2D eigenvalue weighted by molar-refractivity contribution is -0.117. The molecular weight excluding hydrogens is 188 g/mol. The summed E-state index contributed by atoms with van der Waals surface area (Å²) in [5.41, 5.74) is 2.73. The first-order chi connectivity index (χ1) is 7.09. The van der Waals surface area contributed by atoms with E-state index in [0.717, 1.165) is 11.1 Å². The van der Waals surface area contributed by atoms with Crippen LogP contribution in [0.4, 0.5) is 0 Å². The van der Waals surface area contributed by atoms with E-state index < -0.39 is 0 Å². The Labute approximate surface area is 88.6 Å². The lowest BCUT2D eigenvalue weighted by Gasteiger charge is -2.00. The molecule has 0 aromatic heterocycles. The van der Waals surface area contributed by atoms with Gasteiger partial charge in [-0.25, -0.2) is 0 Å². The Morgan fingerprint density at radius 1 is 1.20 bits per heavy atom. The summed E-state index contributed by atoms with van der Waals surface area (Å²) in [6.45, 7) is 3.13. The van der Waals surface area contributed by atoms with Crippen LogP contribution in [0.2, 0.25) is 0 Å². The minimum absolute atomic E-state index is 0.0211. The minimum atomic E-state index is -0.0211. The zero-order valence-corrected chi connectivity index (χ0v) is 8.78. The molecule has 1 aliphatic rings. The molecule has 1 aromatic rings. The summed E-state index contributed by atoms with van der Waals surface area (Å²) in [5.74, 6) is 0.197. The highest BCUT2D eigenvalue weighted by molar-refractivity contribution is 6.04. The Bertz CT molecular complexity index is 469. The van der Waals surface area contributed by atoms with Crippen LogP contribution in [0, 0.1) is 5.92 Å². The van der Waals surface area contributed by atoms with Gasteiger partial charge in [0, 0.05) is 5.56 Å². The van der Waals surface area contributed by atoms with Crippen molar-refractivity contribution in [3.63, 3.8) is 0 Å². The average Bonchev–Trinajstić information content (AvgIpc) is 2.97. The largest absolute Gasteiger partial charge is 0.299 e. The zero-order valence-electron chi connectivity index (χ0n) is 8.78. The van der Waals surface area contributed by atoms with Crippen LogP contribution in [0.3, 0.4) is 0 Å². The summed E-state index contributed by atoms with van der Waals surface area (Å²) in [5, 5.41) is 0. The molecule has 0 amide bonds. The highest BCUT2D eigenvalue weighted by Gasteiger charge is 2.30. The summed E-state index contributed by atoms with van der Waals surface area (Å²) in [4.78, 5) is 22.3. The smallest absolute Gasteiger partial charge is 0.159 e. The number of hydrogen-bond acceptors (Lipinski definition) is 2. The van der Waals surface area contributed by atoms with Crippen molar-refractivity contribution in [2.45, 2.75) is 13.8 Å². The molecule has 0 heterocycles. The predicted octanol–water partition coefficient (Wildman–Crippen LogP) is 2.49. The van der Waals surface area contributed by atoms with Gasteiger partial charge in [0.15, 0.2) is 5.78 Å². The van der Waals surface area contributed by atoms with Crippen molar-refractivity contribution >= 4 is 17.1 Å². The van der Waals surface area contributed by atoms with E-state index in [0.29, 0.717) is 5.56 Å². The van der Waals surface area contributed by atoms with Gasteiger partial charge in [-0.05, 0) is 31.1 Å². The molecule has 0 saturated carbocycles. The molecule has 76 valence electrons. The maximum Gasteiger partial charge on any atom is 0.159 e. The number of benzene rings is 1. The first kappa shape index (κ1) is 9.84. The van der Waals surface area contributed by atoms with Crippen molar-refractivity contribution in [2.24, 2.45) is 5.92 Å². The first-order valence-electron chi connectivity index (χ1n) is 4.93. The monoisotopic (exact) mass is 200 g/mol. The molecule has 0 N–H and O–H groups in total. The molecule has 1 unspecified atom stereocenters. The third kappa shape index (κ3) is 1.89. The molecular formula is C13H12O2.